The standard InChI is InChI=1S/C22H21BrN4OS/c1-15-21(16(2)27(26-15)20-9-7-19(23)8-10-20)22(28)25-11-12-29-14-18-6-4-3-5-17(18)13-24/h3-10H,11-12,14H2,1-2H3,(H,25,28). The zero-order chi connectivity index (χ0) is 20.8. The summed E-state index contributed by atoms with van der Waals surface area (Å²) in [5, 5.41) is 16.7. The summed E-state index contributed by atoms with van der Waals surface area (Å²) >= 11 is 5.13. The van der Waals surface area contributed by atoms with Crippen LogP contribution in [-0.4, -0.2) is 28.0 Å². The maximum atomic E-state index is 12.7. The maximum absolute atomic E-state index is 12.7. The second-order valence-corrected chi connectivity index (χ2v) is 8.53. The number of thioether (sulfide) groups is 1. The van der Waals surface area contributed by atoms with Gasteiger partial charge in [-0.05, 0) is 49.7 Å². The van der Waals surface area contributed by atoms with Gasteiger partial charge in [-0.3, -0.25) is 4.79 Å². The molecule has 0 atom stereocenters. The van der Waals surface area contributed by atoms with E-state index in [4.69, 9.17) is 5.26 Å². The van der Waals surface area contributed by atoms with Crippen molar-refractivity contribution in [2.45, 2.75) is 19.6 Å². The van der Waals surface area contributed by atoms with Crippen molar-refractivity contribution >= 4 is 33.6 Å². The zero-order valence-corrected chi connectivity index (χ0v) is 18.7. The number of hydrogen-bond donors (Lipinski definition) is 1. The van der Waals surface area contributed by atoms with E-state index in [9.17, 15) is 4.79 Å². The van der Waals surface area contributed by atoms with E-state index in [0.29, 0.717) is 23.4 Å². The SMILES string of the molecule is Cc1nn(-c2ccc(Br)cc2)c(C)c1C(=O)NCCSCc1ccccc1C#N. The first-order chi connectivity index (χ1) is 14.0. The molecule has 29 heavy (non-hydrogen) atoms. The molecule has 0 bridgehead atoms. The van der Waals surface area contributed by atoms with Gasteiger partial charge in [0, 0.05) is 22.5 Å². The third kappa shape index (κ3) is 5.08. The molecule has 7 heteroatoms. The number of aromatic nitrogens is 2. The molecule has 0 saturated carbocycles. The zero-order valence-electron chi connectivity index (χ0n) is 16.3. The number of benzene rings is 2. The third-order valence-electron chi connectivity index (χ3n) is 4.52. The molecule has 0 aliphatic heterocycles. The number of carbonyl (C=O) groups excluding carboxylic acids is 1. The highest BCUT2D eigenvalue weighted by Crippen LogP contribution is 2.20. The van der Waals surface area contributed by atoms with Crippen LogP contribution in [0.15, 0.2) is 53.0 Å². The first-order valence-corrected chi connectivity index (χ1v) is 11.1. The average molecular weight is 469 g/mol. The summed E-state index contributed by atoms with van der Waals surface area (Å²) in [4.78, 5) is 12.7. The van der Waals surface area contributed by atoms with E-state index in [1.807, 2.05) is 62.4 Å². The van der Waals surface area contributed by atoms with Gasteiger partial charge in [0.1, 0.15) is 0 Å². The quantitative estimate of drug-likeness (QED) is 0.506. The number of hydrogen-bond acceptors (Lipinski definition) is 4. The Hall–Kier alpha value is -2.56. The van der Waals surface area contributed by atoms with Crippen molar-refractivity contribution in [2.24, 2.45) is 0 Å². The lowest BCUT2D eigenvalue weighted by Gasteiger charge is -2.08. The van der Waals surface area contributed by atoms with Crippen LogP contribution in [0, 0.1) is 25.2 Å². The van der Waals surface area contributed by atoms with Gasteiger partial charge in [0.05, 0.1) is 34.3 Å². The smallest absolute Gasteiger partial charge is 0.255 e. The second-order valence-electron chi connectivity index (χ2n) is 6.51. The summed E-state index contributed by atoms with van der Waals surface area (Å²) < 4.78 is 2.79. The van der Waals surface area contributed by atoms with E-state index < -0.39 is 0 Å². The molecule has 0 aliphatic carbocycles. The predicted octanol–water partition coefficient (Wildman–Crippen LogP) is 4.79. The van der Waals surface area contributed by atoms with E-state index in [-0.39, 0.29) is 5.91 Å². The Balaban J connectivity index is 1.57. The summed E-state index contributed by atoms with van der Waals surface area (Å²) in [6, 6.07) is 17.6. The number of halogens is 1. The van der Waals surface area contributed by atoms with Gasteiger partial charge in [-0.25, -0.2) is 4.68 Å². The molecule has 0 unspecified atom stereocenters. The molecule has 3 aromatic rings. The number of aryl methyl sites for hydroxylation is 1. The number of rotatable bonds is 7. The van der Waals surface area contributed by atoms with Crippen LogP contribution in [0.25, 0.3) is 5.69 Å². The van der Waals surface area contributed by atoms with Crippen molar-refractivity contribution in [3.8, 4) is 11.8 Å². The van der Waals surface area contributed by atoms with Gasteiger partial charge in [0.15, 0.2) is 0 Å². The molecule has 1 heterocycles. The summed E-state index contributed by atoms with van der Waals surface area (Å²) in [6.07, 6.45) is 0. The number of nitrogens with zero attached hydrogens (tertiary/aromatic N) is 3. The van der Waals surface area contributed by atoms with Gasteiger partial charge in [-0.1, -0.05) is 34.1 Å². The van der Waals surface area contributed by atoms with E-state index in [1.54, 1.807) is 16.4 Å². The third-order valence-corrected chi connectivity index (χ3v) is 6.05. The normalized spacial score (nSPS) is 10.6. The number of nitriles is 1. The lowest BCUT2D eigenvalue weighted by atomic mass is 10.1. The Morgan fingerprint density at radius 3 is 2.66 bits per heavy atom. The van der Waals surface area contributed by atoms with E-state index in [1.165, 1.54) is 0 Å². The largest absolute Gasteiger partial charge is 0.351 e. The van der Waals surface area contributed by atoms with Gasteiger partial charge < -0.3 is 5.32 Å². The number of nitrogens with one attached hydrogen (secondary N) is 1. The minimum absolute atomic E-state index is 0.110. The Labute approximate surface area is 183 Å². The molecule has 0 spiro atoms. The van der Waals surface area contributed by atoms with Crippen LogP contribution >= 0.6 is 27.7 Å². The molecule has 1 amide bonds. The molecule has 0 fully saturated rings. The Morgan fingerprint density at radius 1 is 1.21 bits per heavy atom. The molecular formula is C22H21BrN4OS. The van der Waals surface area contributed by atoms with E-state index in [2.05, 4.69) is 32.4 Å². The second kappa shape index (κ2) is 9.77. The van der Waals surface area contributed by atoms with Gasteiger partial charge >= 0.3 is 0 Å². The Morgan fingerprint density at radius 2 is 1.93 bits per heavy atom. The minimum atomic E-state index is -0.110. The highest BCUT2D eigenvalue weighted by molar-refractivity contribution is 9.10. The van der Waals surface area contributed by atoms with Gasteiger partial charge in [0.2, 0.25) is 0 Å². The van der Waals surface area contributed by atoms with Gasteiger partial charge in [-0.2, -0.15) is 22.1 Å². The average Bonchev–Trinajstić information content (AvgIpc) is 3.02. The molecule has 2 aromatic carbocycles. The molecule has 0 aliphatic rings. The lowest BCUT2D eigenvalue weighted by molar-refractivity contribution is 0.0955. The predicted molar refractivity (Wildman–Crippen MR) is 120 cm³/mol. The monoisotopic (exact) mass is 468 g/mol. The van der Waals surface area contributed by atoms with Crippen LogP contribution in [0.4, 0.5) is 0 Å². The molecule has 1 N–H and O–H groups in total. The first-order valence-electron chi connectivity index (χ1n) is 9.17. The lowest BCUT2D eigenvalue weighted by Crippen LogP contribution is -2.26. The summed E-state index contributed by atoms with van der Waals surface area (Å²) in [5.74, 6) is 1.41. The van der Waals surface area contributed by atoms with Crippen molar-refractivity contribution in [2.75, 3.05) is 12.3 Å². The molecule has 148 valence electrons. The van der Waals surface area contributed by atoms with Gasteiger partial charge in [0.25, 0.3) is 5.91 Å². The summed E-state index contributed by atoms with van der Waals surface area (Å²) in [7, 11) is 0. The van der Waals surface area contributed by atoms with Crippen LogP contribution in [0.2, 0.25) is 0 Å². The highest BCUT2D eigenvalue weighted by Gasteiger charge is 2.19. The molecule has 0 saturated heterocycles. The van der Waals surface area contributed by atoms with Crippen LogP contribution in [0.5, 0.6) is 0 Å². The van der Waals surface area contributed by atoms with Crippen molar-refractivity contribution in [3.05, 3.63) is 81.1 Å². The molecule has 1 aromatic heterocycles. The van der Waals surface area contributed by atoms with Crippen molar-refractivity contribution in [3.63, 3.8) is 0 Å². The van der Waals surface area contributed by atoms with Crippen LogP contribution < -0.4 is 5.32 Å². The fourth-order valence-electron chi connectivity index (χ4n) is 3.07. The number of carbonyl (C=O) groups is 1. The van der Waals surface area contributed by atoms with Gasteiger partial charge in [-0.15, -0.1) is 0 Å². The summed E-state index contributed by atoms with van der Waals surface area (Å²) in [6.45, 7) is 4.32. The van der Waals surface area contributed by atoms with Crippen molar-refractivity contribution < 1.29 is 4.79 Å². The summed E-state index contributed by atoms with van der Waals surface area (Å²) in [5.41, 5.74) is 4.79. The Bertz CT molecular complexity index is 1050. The highest BCUT2D eigenvalue weighted by atomic mass is 79.9. The number of amides is 1. The molecule has 0 radical (unpaired) electrons. The fourth-order valence-corrected chi connectivity index (χ4v) is 4.19. The van der Waals surface area contributed by atoms with Crippen molar-refractivity contribution in [1.82, 2.24) is 15.1 Å². The van der Waals surface area contributed by atoms with E-state index >= 15 is 0 Å². The molecule has 5 nitrogen and oxygen atoms in total. The maximum Gasteiger partial charge on any atom is 0.255 e. The Kier molecular flexibility index (Phi) is 7.13. The first kappa shape index (κ1) is 21.2. The van der Waals surface area contributed by atoms with Crippen LogP contribution in [-0.2, 0) is 5.75 Å². The minimum Gasteiger partial charge on any atom is -0.351 e. The topological polar surface area (TPSA) is 70.7 Å². The van der Waals surface area contributed by atoms with Crippen molar-refractivity contribution in [1.29, 1.82) is 5.26 Å². The molecular weight excluding hydrogens is 448 g/mol. The van der Waals surface area contributed by atoms with E-state index in [0.717, 1.165) is 32.9 Å². The van der Waals surface area contributed by atoms with Crippen LogP contribution in [0.3, 0.4) is 0 Å². The van der Waals surface area contributed by atoms with Crippen LogP contribution in [0.1, 0.15) is 32.9 Å². The molecule has 3 rings (SSSR count). The fraction of sp³-hybridized carbons (Fsp3) is 0.227.